The van der Waals surface area contributed by atoms with Crippen molar-refractivity contribution in [3.05, 3.63) is 71.8 Å². The van der Waals surface area contributed by atoms with Crippen LogP contribution in [0.2, 0.25) is 0 Å². The summed E-state index contributed by atoms with van der Waals surface area (Å²) in [4.78, 5) is 11.9. The molecule has 0 spiro atoms. The van der Waals surface area contributed by atoms with Crippen molar-refractivity contribution >= 4 is 5.78 Å². The van der Waals surface area contributed by atoms with Crippen LogP contribution in [0.1, 0.15) is 24.2 Å². The molecule has 1 heterocycles. The molecule has 0 unspecified atom stereocenters. The Kier molecular flexibility index (Phi) is 5.19. The zero-order valence-corrected chi connectivity index (χ0v) is 14.5. The van der Waals surface area contributed by atoms with Crippen molar-refractivity contribution in [1.29, 1.82) is 0 Å². The lowest BCUT2D eigenvalue weighted by Gasteiger charge is -2.19. The molecule has 0 radical (unpaired) electrons. The zero-order valence-electron chi connectivity index (χ0n) is 14.5. The Morgan fingerprint density at radius 1 is 1.20 bits per heavy atom. The lowest BCUT2D eigenvalue weighted by molar-refractivity contribution is -0.121. The van der Waals surface area contributed by atoms with Crippen LogP contribution >= 0.6 is 0 Å². The van der Waals surface area contributed by atoms with Gasteiger partial charge in [-0.15, -0.1) is 0 Å². The van der Waals surface area contributed by atoms with Crippen LogP contribution in [0.5, 0.6) is 11.5 Å². The second-order valence-electron chi connectivity index (χ2n) is 6.16. The lowest BCUT2D eigenvalue weighted by atomic mass is 9.89. The van der Waals surface area contributed by atoms with Gasteiger partial charge in [-0.25, -0.2) is 0 Å². The lowest BCUT2D eigenvalue weighted by Crippen LogP contribution is -2.16. The molecule has 25 heavy (non-hydrogen) atoms. The molecular weight excluding hydrogens is 316 g/mol. The number of hydrogen-bond donors (Lipinski definition) is 0. The van der Waals surface area contributed by atoms with Gasteiger partial charge in [0.1, 0.15) is 12.4 Å². The number of hydrogen-bond acceptors (Lipinski definition) is 4. The summed E-state index contributed by atoms with van der Waals surface area (Å²) in [6.45, 7) is 6.40. The number of ether oxygens (including phenoxy) is 3. The van der Waals surface area contributed by atoms with Gasteiger partial charge in [0.2, 0.25) is 0 Å². The Bertz CT molecular complexity index is 767. The summed E-state index contributed by atoms with van der Waals surface area (Å²) < 4.78 is 17.1. The molecule has 1 aliphatic heterocycles. The average Bonchev–Trinajstić information content (AvgIpc) is 3.02. The first-order valence-corrected chi connectivity index (χ1v) is 8.24. The van der Waals surface area contributed by atoms with E-state index in [-0.39, 0.29) is 17.8 Å². The van der Waals surface area contributed by atoms with Crippen molar-refractivity contribution in [3.63, 3.8) is 0 Å². The smallest absolute Gasteiger partial charge is 0.161 e. The highest BCUT2D eigenvalue weighted by molar-refractivity contribution is 5.82. The molecule has 1 fully saturated rings. The second kappa shape index (κ2) is 7.53. The Labute approximate surface area is 148 Å². The number of carbonyl (C=O) groups excluding carboxylic acids is 1. The quantitative estimate of drug-likeness (QED) is 0.744. The van der Waals surface area contributed by atoms with E-state index in [2.05, 4.69) is 6.58 Å². The molecular formula is C21H22O4. The number of methoxy groups -OCH3 is 1. The Morgan fingerprint density at radius 3 is 2.64 bits per heavy atom. The summed E-state index contributed by atoms with van der Waals surface area (Å²) in [7, 11) is 1.60. The van der Waals surface area contributed by atoms with Gasteiger partial charge in [-0.3, -0.25) is 4.79 Å². The molecule has 1 saturated heterocycles. The van der Waals surface area contributed by atoms with Crippen molar-refractivity contribution in [1.82, 2.24) is 0 Å². The third-order valence-corrected chi connectivity index (χ3v) is 4.38. The first kappa shape index (κ1) is 17.2. The molecule has 2 aromatic rings. The number of Topliss-reactive ketones (excluding diaryl/α,β-unsaturated/α-hetero) is 1. The van der Waals surface area contributed by atoms with E-state index in [0.717, 1.165) is 16.7 Å². The monoisotopic (exact) mass is 338 g/mol. The van der Waals surface area contributed by atoms with Crippen molar-refractivity contribution in [2.75, 3.05) is 13.7 Å². The number of rotatable bonds is 6. The fourth-order valence-corrected chi connectivity index (χ4v) is 3.10. The van der Waals surface area contributed by atoms with Gasteiger partial charge in [-0.2, -0.15) is 0 Å². The Morgan fingerprint density at radius 2 is 1.96 bits per heavy atom. The van der Waals surface area contributed by atoms with Crippen LogP contribution in [0.25, 0.3) is 0 Å². The van der Waals surface area contributed by atoms with Crippen LogP contribution in [0.4, 0.5) is 0 Å². The molecule has 0 aromatic heterocycles. The molecule has 2 atom stereocenters. The third-order valence-electron chi connectivity index (χ3n) is 4.38. The minimum Gasteiger partial charge on any atom is -0.493 e. The highest BCUT2D eigenvalue weighted by Gasteiger charge is 2.36. The summed E-state index contributed by atoms with van der Waals surface area (Å²) in [6, 6.07) is 15.6. The predicted molar refractivity (Wildman–Crippen MR) is 95.8 cm³/mol. The van der Waals surface area contributed by atoms with Crippen LogP contribution in [0, 0.1) is 5.92 Å². The van der Waals surface area contributed by atoms with Gasteiger partial charge in [0.15, 0.2) is 11.5 Å². The first-order valence-electron chi connectivity index (χ1n) is 8.24. The van der Waals surface area contributed by atoms with Crippen LogP contribution in [0.3, 0.4) is 0 Å². The first-order chi connectivity index (χ1) is 12.1. The summed E-state index contributed by atoms with van der Waals surface area (Å²) in [6.07, 6.45) is -0.318. The van der Waals surface area contributed by atoms with Gasteiger partial charge in [-0.1, -0.05) is 43.0 Å². The molecule has 0 saturated carbocycles. The molecule has 3 rings (SSSR count). The average molecular weight is 338 g/mol. The maximum Gasteiger partial charge on any atom is 0.161 e. The molecule has 4 heteroatoms. The molecule has 0 bridgehead atoms. The molecule has 130 valence electrons. The summed E-state index contributed by atoms with van der Waals surface area (Å²) in [5.74, 6) is 1.04. The van der Waals surface area contributed by atoms with Gasteiger partial charge in [0.05, 0.1) is 25.7 Å². The standard InChI is InChI=1S/C21H22O4/c1-14-12-25-21(20(14)15(2)22)17-9-10-18(19(11-17)23-3)24-13-16-7-5-4-6-8-16/h4-11,20-21H,1,12-13H2,2-3H3/t20-,21-/m1/s1. The third kappa shape index (κ3) is 3.74. The molecule has 0 amide bonds. The SMILES string of the molecule is C=C1CO[C@H](c2ccc(OCc3ccccc3)c(OC)c2)[C@H]1C(C)=O. The van der Waals surface area contributed by atoms with Gasteiger partial charge < -0.3 is 14.2 Å². The van der Waals surface area contributed by atoms with E-state index in [0.29, 0.717) is 24.7 Å². The van der Waals surface area contributed by atoms with Gasteiger partial charge in [0, 0.05) is 0 Å². The highest BCUT2D eigenvalue weighted by atomic mass is 16.5. The number of benzene rings is 2. The second-order valence-corrected chi connectivity index (χ2v) is 6.16. The number of ketones is 1. The molecule has 1 aliphatic rings. The largest absolute Gasteiger partial charge is 0.493 e. The van der Waals surface area contributed by atoms with Crippen molar-refractivity contribution in [2.24, 2.45) is 5.92 Å². The van der Waals surface area contributed by atoms with E-state index < -0.39 is 0 Å². The topological polar surface area (TPSA) is 44.8 Å². The van der Waals surface area contributed by atoms with Crippen molar-refractivity contribution < 1.29 is 19.0 Å². The molecule has 4 nitrogen and oxygen atoms in total. The van der Waals surface area contributed by atoms with Crippen LogP contribution in [-0.4, -0.2) is 19.5 Å². The van der Waals surface area contributed by atoms with E-state index in [1.807, 2.05) is 48.5 Å². The molecule has 0 N–H and O–H groups in total. The van der Waals surface area contributed by atoms with Crippen LogP contribution < -0.4 is 9.47 Å². The van der Waals surface area contributed by atoms with Crippen LogP contribution in [-0.2, 0) is 16.1 Å². The Balaban J connectivity index is 1.80. The summed E-state index contributed by atoms with van der Waals surface area (Å²) >= 11 is 0. The van der Waals surface area contributed by atoms with Gasteiger partial charge >= 0.3 is 0 Å². The predicted octanol–water partition coefficient (Wildman–Crippen LogP) is 4.11. The van der Waals surface area contributed by atoms with Gasteiger partial charge in [0.25, 0.3) is 0 Å². The minimum atomic E-state index is -0.318. The summed E-state index contributed by atoms with van der Waals surface area (Å²) in [5, 5.41) is 0. The maximum absolute atomic E-state index is 11.9. The molecule has 0 aliphatic carbocycles. The maximum atomic E-state index is 11.9. The van der Waals surface area contributed by atoms with E-state index in [4.69, 9.17) is 14.2 Å². The van der Waals surface area contributed by atoms with Crippen LogP contribution in [0.15, 0.2) is 60.7 Å². The van der Waals surface area contributed by atoms with Crippen molar-refractivity contribution in [3.8, 4) is 11.5 Å². The summed E-state index contributed by atoms with van der Waals surface area (Å²) in [5.41, 5.74) is 2.80. The minimum absolute atomic E-state index is 0.0656. The molecule has 2 aromatic carbocycles. The van der Waals surface area contributed by atoms with Gasteiger partial charge in [-0.05, 0) is 35.8 Å². The highest BCUT2D eigenvalue weighted by Crippen LogP contribution is 2.40. The fourth-order valence-electron chi connectivity index (χ4n) is 3.10. The van der Waals surface area contributed by atoms with E-state index in [9.17, 15) is 4.79 Å². The van der Waals surface area contributed by atoms with E-state index in [1.54, 1.807) is 14.0 Å². The fraction of sp³-hybridized carbons (Fsp3) is 0.286. The zero-order chi connectivity index (χ0) is 17.8. The van der Waals surface area contributed by atoms with E-state index >= 15 is 0 Å². The normalized spacial score (nSPS) is 19.7. The van der Waals surface area contributed by atoms with Crippen molar-refractivity contribution in [2.45, 2.75) is 19.6 Å². The van der Waals surface area contributed by atoms with E-state index in [1.165, 1.54) is 0 Å². The number of carbonyl (C=O) groups is 1. The Hall–Kier alpha value is -2.59.